The van der Waals surface area contributed by atoms with Gasteiger partial charge in [0.15, 0.2) is 0 Å². The molecular weight excluding hydrogens is 432 g/mol. The van der Waals surface area contributed by atoms with Crippen molar-refractivity contribution in [3.8, 4) is 0 Å². The van der Waals surface area contributed by atoms with E-state index in [1.165, 1.54) is 19.3 Å². The van der Waals surface area contributed by atoms with Crippen molar-refractivity contribution in [2.24, 2.45) is 0 Å². The van der Waals surface area contributed by atoms with Crippen LogP contribution < -0.4 is 5.32 Å². The van der Waals surface area contributed by atoms with Gasteiger partial charge in [-0.25, -0.2) is 0 Å². The van der Waals surface area contributed by atoms with Crippen LogP contribution in [0.5, 0.6) is 0 Å². The Morgan fingerprint density at radius 3 is 2.50 bits per heavy atom. The normalized spacial score (nSPS) is 25.1. The van der Waals surface area contributed by atoms with E-state index in [9.17, 15) is 14.7 Å². The van der Waals surface area contributed by atoms with Crippen molar-refractivity contribution in [1.82, 2.24) is 19.7 Å². The van der Waals surface area contributed by atoms with Crippen molar-refractivity contribution in [3.63, 3.8) is 0 Å². The van der Waals surface area contributed by atoms with Gasteiger partial charge in [-0.1, -0.05) is 19.3 Å². The fourth-order valence-corrected chi connectivity index (χ4v) is 6.16. The Balaban J connectivity index is 1.35. The highest BCUT2D eigenvalue weighted by atomic mass is 16.5. The quantitative estimate of drug-likeness (QED) is 0.633. The minimum atomic E-state index is -0.459. The van der Waals surface area contributed by atoms with Gasteiger partial charge in [-0.3, -0.25) is 14.5 Å². The molecule has 0 unspecified atom stereocenters. The molecule has 1 aliphatic carbocycles. The van der Waals surface area contributed by atoms with Crippen molar-refractivity contribution >= 4 is 11.8 Å². The largest absolute Gasteiger partial charge is 0.392 e. The lowest BCUT2D eigenvalue weighted by molar-refractivity contribution is -0.127. The number of carbonyl (C=O) groups excluding carboxylic acids is 2. The SMILES string of the molecule is COCCn1c(C)cc(C(=O)N2CCC(N3C[C@H](O)C[C@H]3C(=O)NC3CCCCC3)CC2)c1C. The zero-order chi connectivity index (χ0) is 24.2. The molecule has 8 nitrogen and oxygen atoms in total. The number of nitrogens with zero attached hydrogens (tertiary/aromatic N) is 3. The number of aromatic nitrogens is 1. The third-order valence-corrected chi connectivity index (χ3v) is 8.12. The first-order valence-corrected chi connectivity index (χ1v) is 13.1. The van der Waals surface area contributed by atoms with Crippen molar-refractivity contribution in [2.45, 2.75) is 96.0 Å². The molecule has 0 aromatic carbocycles. The van der Waals surface area contributed by atoms with Crippen LogP contribution in [0.15, 0.2) is 6.07 Å². The molecule has 3 heterocycles. The third-order valence-electron chi connectivity index (χ3n) is 8.12. The van der Waals surface area contributed by atoms with Crippen molar-refractivity contribution in [3.05, 3.63) is 23.0 Å². The van der Waals surface area contributed by atoms with Crippen molar-refractivity contribution < 1.29 is 19.4 Å². The Morgan fingerprint density at radius 1 is 1.12 bits per heavy atom. The number of methoxy groups -OCH3 is 1. The van der Waals surface area contributed by atoms with E-state index in [-0.39, 0.29) is 29.9 Å². The highest BCUT2D eigenvalue weighted by Gasteiger charge is 2.41. The number of amides is 2. The highest BCUT2D eigenvalue weighted by Crippen LogP contribution is 2.28. The second kappa shape index (κ2) is 11.2. The standard InChI is InChI=1S/C26H42N4O4/c1-18-15-23(19(2)29(18)13-14-34-3)26(33)28-11-9-21(10-12-28)30-17-22(31)16-24(30)25(32)27-20-7-5-4-6-8-20/h15,20-22,24,31H,4-14,16-17H2,1-3H3,(H,27,32)/t22-,24+/m1/s1. The van der Waals surface area contributed by atoms with Crippen LogP contribution in [0.25, 0.3) is 0 Å². The average Bonchev–Trinajstić information content (AvgIpc) is 3.37. The molecule has 3 fully saturated rings. The topological polar surface area (TPSA) is 87.0 Å². The first-order valence-electron chi connectivity index (χ1n) is 13.1. The molecule has 2 aliphatic heterocycles. The van der Waals surface area contributed by atoms with Gasteiger partial charge >= 0.3 is 0 Å². The molecule has 0 radical (unpaired) electrons. The van der Waals surface area contributed by atoms with Gasteiger partial charge in [0.1, 0.15) is 0 Å². The van der Waals surface area contributed by atoms with Gasteiger partial charge in [-0.2, -0.15) is 0 Å². The van der Waals surface area contributed by atoms with Gasteiger partial charge in [-0.05, 0) is 52.0 Å². The molecule has 2 atom stereocenters. The Hall–Kier alpha value is -1.90. The number of β-amino-alcohol motifs (C(OH)–C–C–N with tert-alkyl or cyclic N) is 1. The third kappa shape index (κ3) is 5.50. The summed E-state index contributed by atoms with van der Waals surface area (Å²) < 4.78 is 7.35. The van der Waals surface area contributed by atoms with Crippen LogP contribution in [0.1, 0.15) is 73.1 Å². The lowest BCUT2D eigenvalue weighted by Crippen LogP contribution is -2.53. The van der Waals surface area contributed by atoms with Gasteiger partial charge < -0.3 is 24.6 Å². The molecule has 8 heteroatoms. The number of rotatable bonds is 7. The Kier molecular flexibility index (Phi) is 8.32. The van der Waals surface area contributed by atoms with Crippen LogP contribution in [-0.2, 0) is 16.1 Å². The van der Waals surface area contributed by atoms with E-state index in [1.54, 1.807) is 7.11 Å². The summed E-state index contributed by atoms with van der Waals surface area (Å²) in [6, 6.07) is 2.23. The van der Waals surface area contributed by atoms with E-state index in [0.717, 1.165) is 49.2 Å². The summed E-state index contributed by atoms with van der Waals surface area (Å²) in [6.07, 6.45) is 7.45. The lowest BCUT2D eigenvalue weighted by atomic mass is 9.95. The lowest BCUT2D eigenvalue weighted by Gasteiger charge is -2.39. The Morgan fingerprint density at radius 2 is 1.82 bits per heavy atom. The molecule has 0 bridgehead atoms. The maximum absolute atomic E-state index is 13.3. The number of piperidine rings is 1. The smallest absolute Gasteiger partial charge is 0.255 e. The van der Waals surface area contributed by atoms with Crippen LogP contribution in [0.3, 0.4) is 0 Å². The van der Waals surface area contributed by atoms with E-state index < -0.39 is 6.10 Å². The maximum Gasteiger partial charge on any atom is 0.255 e. The molecule has 2 saturated heterocycles. The Bertz CT molecular complexity index is 855. The predicted octanol–water partition coefficient (Wildman–Crippen LogP) is 2.24. The predicted molar refractivity (Wildman–Crippen MR) is 131 cm³/mol. The van der Waals surface area contributed by atoms with Crippen LogP contribution in [-0.4, -0.2) is 88.9 Å². The summed E-state index contributed by atoms with van der Waals surface area (Å²) in [4.78, 5) is 30.5. The van der Waals surface area contributed by atoms with Crippen LogP contribution >= 0.6 is 0 Å². The highest BCUT2D eigenvalue weighted by molar-refractivity contribution is 5.95. The summed E-state index contributed by atoms with van der Waals surface area (Å²) in [7, 11) is 1.69. The van der Waals surface area contributed by atoms with Gasteiger partial charge in [-0.15, -0.1) is 0 Å². The van der Waals surface area contributed by atoms with Gasteiger partial charge in [0.25, 0.3) is 5.91 Å². The number of aryl methyl sites for hydroxylation is 1. The van der Waals surface area contributed by atoms with Crippen LogP contribution in [0.2, 0.25) is 0 Å². The molecule has 190 valence electrons. The number of aliphatic hydroxyl groups is 1. The van der Waals surface area contributed by atoms with Crippen molar-refractivity contribution in [2.75, 3.05) is 33.4 Å². The van der Waals surface area contributed by atoms with E-state index in [0.29, 0.717) is 32.7 Å². The number of carbonyl (C=O) groups is 2. The monoisotopic (exact) mass is 474 g/mol. The summed E-state index contributed by atoms with van der Waals surface area (Å²) >= 11 is 0. The molecular formula is C26H42N4O4. The van der Waals surface area contributed by atoms with Gasteiger partial charge in [0, 0.05) is 56.8 Å². The summed E-state index contributed by atoms with van der Waals surface area (Å²) in [6.45, 7) is 7.29. The fourth-order valence-electron chi connectivity index (χ4n) is 6.16. The number of nitrogens with one attached hydrogen (secondary N) is 1. The average molecular weight is 475 g/mol. The molecule has 3 aliphatic rings. The maximum atomic E-state index is 13.3. The molecule has 34 heavy (non-hydrogen) atoms. The van der Waals surface area contributed by atoms with E-state index >= 15 is 0 Å². The van der Waals surface area contributed by atoms with Crippen molar-refractivity contribution in [1.29, 1.82) is 0 Å². The molecule has 2 amide bonds. The van der Waals surface area contributed by atoms with Crippen LogP contribution in [0.4, 0.5) is 0 Å². The molecule has 1 aromatic heterocycles. The number of likely N-dealkylation sites (tertiary alicyclic amines) is 2. The van der Waals surface area contributed by atoms with E-state index in [2.05, 4.69) is 14.8 Å². The van der Waals surface area contributed by atoms with E-state index in [1.807, 2.05) is 24.8 Å². The molecule has 1 saturated carbocycles. The van der Waals surface area contributed by atoms with Gasteiger partial charge in [0.2, 0.25) is 5.91 Å². The number of ether oxygens (including phenoxy) is 1. The van der Waals surface area contributed by atoms with Gasteiger partial charge in [0.05, 0.1) is 24.3 Å². The second-order valence-corrected chi connectivity index (χ2v) is 10.4. The minimum Gasteiger partial charge on any atom is -0.392 e. The Labute approximate surface area is 203 Å². The molecule has 2 N–H and O–H groups in total. The summed E-state index contributed by atoms with van der Waals surface area (Å²) in [5.41, 5.74) is 2.84. The van der Waals surface area contributed by atoms with E-state index in [4.69, 9.17) is 4.74 Å². The molecule has 0 spiro atoms. The zero-order valence-corrected chi connectivity index (χ0v) is 21.1. The number of hydrogen-bond donors (Lipinski definition) is 2. The fraction of sp³-hybridized carbons (Fsp3) is 0.769. The summed E-state index contributed by atoms with van der Waals surface area (Å²) in [5.74, 6) is 0.161. The number of hydrogen-bond acceptors (Lipinski definition) is 5. The molecule has 1 aromatic rings. The summed E-state index contributed by atoms with van der Waals surface area (Å²) in [5, 5.41) is 13.6. The van der Waals surface area contributed by atoms with Crippen LogP contribution in [0, 0.1) is 13.8 Å². The zero-order valence-electron chi connectivity index (χ0n) is 21.1. The number of aliphatic hydroxyl groups excluding tert-OH is 1. The minimum absolute atomic E-state index is 0.0745. The first kappa shape index (κ1) is 25.2. The second-order valence-electron chi connectivity index (χ2n) is 10.4. The molecule has 4 rings (SSSR count). The first-order chi connectivity index (χ1) is 16.4.